The van der Waals surface area contributed by atoms with Gasteiger partial charge in [-0.05, 0) is 62.0 Å². The van der Waals surface area contributed by atoms with Gasteiger partial charge < -0.3 is 4.57 Å². The SMILES string of the molecule is [C-]#[N+]c1ccc2c(c1)c1ccccc1n2-c1ccccc1-c1cc([Si](c2ccccc2)(c2ccccc2)c2ccccc2)c([N+]#[C-])cc1C#N. The topological polar surface area (TPSA) is 37.4 Å². The third-order valence-electron chi connectivity index (χ3n) is 9.62. The second-order valence-corrected chi connectivity index (χ2v) is 15.9. The van der Waals surface area contributed by atoms with Crippen molar-refractivity contribution in [3.63, 3.8) is 0 Å². The number of rotatable bonds is 6. The molecule has 0 saturated heterocycles. The van der Waals surface area contributed by atoms with Gasteiger partial charge >= 0.3 is 0 Å². The van der Waals surface area contributed by atoms with Crippen molar-refractivity contribution >= 4 is 62.0 Å². The van der Waals surface area contributed by atoms with Crippen LogP contribution in [0.2, 0.25) is 0 Å². The van der Waals surface area contributed by atoms with Gasteiger partial charge in [0, 0.05) is 16.5 Å². The highest BCUT2D eigenvalue weighted by atomic mass is 28.3. The lowest BCUT2D eigenvalue weighted by atomic mass is 9.97. The molecule has 0 fully saturated rings. The molecule has 0 radical (unpaired) electrons. The minimum atomic E-state index is -3.11. The van der Waals surface area contributed by atoms with Gasteiger partial charge in [-0.1, -0.05) is 140 Å². The van der Waals surface area contributed by atoms with E-state index in [4.69, 9.17) is 13.1 Å². The van der Waals surface area contributed by atoms with Crippen LogP contribution in [0.3, 0.4) is 0 Å². The van der Waals surface area contributed by atoms with Gasteiger partial charge in [-0.15, -0.1) is 0 Å². The zero-order chi connectivity index (χ0) is 34.1. The molecule has 4 nitrogen and oxygen atoms in total. The van der Waals surface area contributed by atoms with E-state index in [-0.39, 0.29) is 0 Å². The van der Waals surface area contributed by atoms with Gasteiger partial charge in [-0.2, -0.15) is 5.26 Å². The molecule has 0 amide bonds. The van der Waals surface area contributed by atoms with Gasteiger partial charge in [-0.25, -0.2) is 9.69 Å². The van der Waals surface area contributed by atoms with Crippen LogP contribution in [0.1, 0.15) is 5.56 Å². The average molecular weight is 653 g/mol. The van der Waals surface area contributed by atoms with Crippen LogP contribution in [0, 0.1) is 24.5 Å². The van der Waals surface area contributed by atoms with E-state index in [0.717, 1.165) is 59.4 Å². The summed E-state index contributed by atoms with van der Waals surface area (Å²) in [5.74, 6) is 0. The Morgan fingerprint density at radius 1 is 0.520 bits per heavy atom. The Balaban J connectivity index is 1.50. The first-order chi connectivity index (χ1) is 24.7. The highest BCUT2D eigenvalue weighted by Crippen LogP contribution is 2.39. The van der Waals surface area contributed by atoms with E-state index in [1.165, 1.54) is 0 Å². The number of para-hydroxylation sites is 2. The summed E-state index contributed by atoms with van der Waals surface area (Å²) in [6, 6.07) is 60.2. The lowest BCUT2D eigenvalue weighted by molar-refractivity contribution is 1.18. The number of nitrogens with zero attached hydrogens (tertiary/aromatic N) is 4. The predicted octanol–water partition coefficient (Wildman–Crippen LogP) is 8.80. The van der Waals surface area contributed by atoms with E-state index in [1.54, 1.807) is 6.07 Å². The molecule has 0 saturated carbocycles. The molecule has 5 heteroatoms. The molecular formula is C45H28N4Si. The lowest BCUT2D eigenvalue weighted by Gasteiger charge is -2.36. The zero-order valence-electron chi connectivity index (χ0n) is 27.0. The molecular weight excluding hydrogens is 625 g/mol. The van der Waals surface area contributed by atoms with Crippen LogP contribution in [-0.2, 0) is 0 Å². The molecule has 1 heterocycles. The number of fused-ring (bicyclic) bond motifs is 3. The third-order valence-corrected chi connectivity index (χ3v) is 14.4. The van der Waals surface area contributed by atoms with Crippen LogP contribution >= 0.6 is 0 Å². The van der Waals surface area contributed by atoms with E-state index in [1.807, 2.05) is 60.7 Å². The molecule has 0 atom stereocenters. The summed E-state index contributed by atoms with van der Waals surface area (Å²) < 4.78 is 2.23. The van der Waals surface area contributed by atoms with Crippen molar-refractivity contribution in [1.82, 2.24) is 4.57 Å². The van der Waals surface area contributed by atoms with Crippen LogP contribution in [0.4, 0.5) is 11.4 Å². The van der Waals surface area contributed by atoms with Crippen molar-refractivity contribution in [2.24, 2.45) is 0 Å². The highest BCUT2D eigenvalue weighted by molar-refractivity contribution is 7.20. The largest absolute Gasteiger partial charge is 0.309 e. The van der Waals surface area contributed by atoms with Gasteiger partial charge in [0.25, 0.3) is 0 Å². The number of hydrogen-bond donors (Lipinski definition) is 0. The minimum Gasteiger partial charge on any atom is -0.309 e. The van der Waals surface area contributed by atoms with Crippen molar-refractivity contribution in [3.8, 4) is 22.9 Å². The van der Waals surface area contributed by atoms with Gasteiger partial charge in [0.2, 0.25) is 0 Å². The van der Waals surface area contributed by atoms with Crippen molar-refractivity contribution in [3.05, 3.63) is 198 Å². The van der Waals surface area contributed by atoms with Gasteiger partial charge in [0.15, 0.2) is 19.4 Å². The van der Waals surface area contributed by atoms with E-state index < -0.39 is 8.07 Å². The quantitative estimate of drug-likeness (QED) is 0.101. The fourth-order valence-electron chi connectivity index (χ4n) is 7.51. The van der Waals surface area contributed by atoms with Gasteiger partial charge in [0.05, 0.1) is 35.9 Å². The van der Waals surface area contributed by atoms with Crippen molar-refractivity contribution in [2.75, 3.05) is 0 Å². The number of hydrogen-bond acceptors (Lipinski definition) is 1. The maximum absolute atomic E-state index is 10.7. The smallest absolute Gasteiger partial charge is 0.189 e. The minimum absolute atomic E-state index is 0.445. The Labute approximate surface area is 292 Å². The number of benzene rings is 7. The fraction of sp³-hybridized carbons (Fsp3) is 0. The molecule has 0 aliphatic rings. The monoisotopic (exact) mass is 652 g/mol. The molecule has 232 valence electrons. The first-order valence-corrected chi connectivity index (χ1v) is 18.3. The standard InChI is InChI=1S/C45H28N4Si/c1-47-33-26-27-44-40(29-33)38-23-13-15-25-43(38)49(44)42-24-14-12-22-37(42)39-30-45(41(48-2)28-32(39)31-46)50(34-16-6-3-7-17-34,35-18-8-4-9-19-35)36-20-10-5-11-21-36/h3-30H. The second kappa shape index (κ2) is 12.6. The zero-order valence-corrected chi connectivity index (χ0v) is 28.0. The molecule has 0 unspecified atom stereocenters. The summed E-state index contributed by atoms with van der Waals surface area (Å²) >= 11 is 0. The Morgan fingerprint density at radius 2 is 1.08 bits per heavy atom. The Hall–Kier alpha value is -6.97. The van der Waals surface area contributed by atoms with E-state index in [0.29, 0.717) is 16.9 Å². The molecule has 0 bridgehead atoms. The first kappa shape index (κ1) is 30.4. The summed E-state index contributed by atoms with van der Waals surface area (Å²) in [7, 11) is -3.11. The maximum Gasteiger partial charge on any atom is 0.189 e. The predicted molar refractivity (Wildman–Crippen MR) is 207 cm³/mol. The fourth-order valence-corrected chi connectivity index (χ4v) is 12.4. The molecule has 50 heavy (non-hydrogen) atoms. The van der Waals surface area contributed by atoms with Crippen LogP contribution in [0.5, 0.6) is 0 Å². The lowest BCUT2D eigenvalue weighted by Crippen LogP contribution is -2.74. The summed E-state index contributed by atoms with van der Waals surface area (Å²) in [5, 5.41) is 17.1. The Bertz CT molecular complexity index is 2580. The molecule has 8 rings (SSSR count). The molecule has 7 aromatic carbocycles. The molecule has 0 aliphatic carbocycles. The number of aromatic nitrogens is 1. The molecule has 0 aliphatic heterocycles. The van der Waals surface area contributed by atoms with Gasteiger partial charge in [0.1, 0.15) is 0 Å². The summed E-state index contributed by atoms with van der Waals surface area (Å²) in [5.41, 5.74) is 6.07. The Morgan fingerprint density at radius 3 is 1.68 bits per heavy atom. The Kier molecular flexibility index (Phi) is 7.63. The van der Waals surface area contributed by atoms with E-state index in [2.05, 4.69) is 123 Å². The molecule has 0 spiro atoms. The van der Waals surface area contributed by atoms with E-state index in [9.17, 15) is 5.26 Å². The van der Waals surface area contributed by atoms with Crippen LogP contribution in [0.25, 0.3) is 48.3 Å². The van der Waals surface area contributed by atoms with Crippen molar-refractivity contribution in [2.45, 2.75) is 0 Å². The van der Waals surface area contributed by atoms with Crippen molar-refractivity contribution in [1.29, 1.82) is 5.26 Å². The van der Waals surface area contributed by atoms with Crippen LogP contribution in [-0.4, -0.2) is 12.6 Å². The highest BCUT2D eigenvalue weighted by Gasteiger charge is 2.43. The molecule has 0 N–H and O–H groups in total. The maximum atomic E-state index is 10.7. The summed E-state index contributed by atoms with van der Waals surface area (Å²) in [6.45, 7) is 16.1. The van der Waals surface area contributed by atoms with E-state index >= 15 is 0 Å². The normalized spacial score (nSPS) is 11.1. The second-order valence-electron chi connectivity index (χ2n) is 12.2. The summed E-state index contributed by atoms with van der Waals surface area (Å²) in [4.78, 5) is 7.84. The van der Waals surface area contributed by atoms with Crippen LogP contribution < -0.4 is 20.7 Å². The number of nitriles is 1. The van der Waals surface area contributed by atoms with Crippen molar-refractivity contribution < 1.29 is 0 Å². The first-order valence-electron chi connectivity index (χ1n) is 16.3. The average Bonchev–Trinajstić information content (AvgIpc) is 3.52. The third kappa shape index (κ3) is 4.72. The molecule has 8 aromatic rings. The van der Waals surface area contributed by atoms with Gasteiger partial charge in [-0.3, -0.25) is 0 Å². The summed E-state index contributed by atoms with van der Waals surface area (Å²) in [6.07, 6.45) is 0. The van der Waals surface area contributed by atoms with Crippen LogP contribution in [0.15, 0.2) is 170 Å². The molecule has 1 aromatic heterocycles.